The molecule has 0 spiro atoms. The number of carbonyl (C=O) groups excluding carboxylic acids is 1. The molecule has 0 atom stereocenters. The number of para-hydroxylation sites is 1. The van der Waals surface area contributed by atoms with Crippen LogP contribution in [-0.4, -0.2) is 37.6 Å². The summed E-state index contributed by atoms with van der Waals surface area (Å²) in [5.41, 5.74) is 2.20. The molecule has 0 aliphatic heterocycles. The van der Waals surface area contributed by atoms with Gasteiger partial charge in [0.15, 0.2) is 0 Å². The van der Waals surface area contributed by atoms with Crippen LogP contribution in [-0.2, 0) is 0 Å². The van der Waals surface area contributed by atoms with Crippen molar-refractivity contribution in [3.8, 4) is 0 Å². The molecule has 1 fully saturated rings. The lowest BCUT2D eigenvalue weighted by Gasteiger charge is -2.30. The number of rotatable bonds is 6. The SMILES string of the molecule is CN(C)c1cc(NC2CCC(CNC(=O)c3ccc(Br)s3)CC2)nc2ccccc12. The molecule has 0 bridgehead atoms. The van der Waals surface area contributed by atoms with Crippen LogP contribution in [0.5, 0.6) is 0 Å². The van der Waals surface area contributed by atoms with E-state index in [2.05, 4.69) is 69.8 Å². The Hall–Kier alpha value is -2.12. The van der Waals surface area contributed by atoms with Crippen molar-refractivity contribution in [2.45, 2.75) is 31.7 Å². The monoisotopic (exact) mass is 486 g/mol. The van der Waals surface area contributed by atoms with Gasteiger partial charge in [-0.3, -0.25) is 4.79 Å². The van der Waals surface area contributed by atoms with Crippen molar-refractivity contribution in [2.75, 3.05) is 30.9 Å². The third-order valence-corrected chi connectivity index (χ3v) is 7.35. The van der Waals surface area contributed by atoms with Crippen LogP contribution in [0.1, 0.15) is 35.4 Å². The van der Waals surface area contributed by atoms with Crippen LogP contribution < -0.4 is 15.5 Å². The molecule has 1 aromatic carbocycles. The van der Waals surface area contributed by atoms with Gasteiger partial charge in [0.2, 0.25) is 0 Å². The molecule has 30 heavy (non-hydrogen) atoms. The third kappa shape index (κ3) is 4.95. The lowest BCUT2D eigenvalue weighted by Crippen LogP contribution is -2.33. The Kier molecular flexibility index (Phi) is 6.58. The van der Waals surface area contributed by atoms with Gasteiger partial charge in [0.25, 0.3) is 5.91 Å². The molecule has 1 aliphatic rings. The first kappa shape index (κ1) is 21.1. The van der Waals surface area contributed by atoms with Crippen LogP contribution in [0.3, 0.4) is 0 Å². The predicted molar refractivity (Wildman–Crippen MR) is 130 cm³/mol. The topological polar surface area (TPSA) is 57.3 Å². The molecule has 158 valence electrons. The van der Waals surface area contributed by atoms with Crippen LogP contribution in [0, 0.1) is 5.92 Å². The molecular weight excluding hydrogens is 460 g/mol. The van der Waals surface area contributed by atoms with Crippen LogP contribution >= 0.6 is 27.3 Å². The van der Waals surface area contributed by atoms with Crippen molar-refractivity contribution < 1.29 is 4.79 Å². The molecule has 1 amide bonds. The van der Waals surface area contributed by atoms with E-state index in [4.69, 9.17) is 4.98 Å². The Labute approximate surface area is 190 Å². The van der Waals surface area contributed by atoms with Crippen molar-refractivity contribution in [2.24, 2.45) is 5.92 Å². The van der Waals surface area contributed by atoms with Gasteiger partial charge in [-0.05, 0) is 65.7 Å². The normalized spacial score (nSPS) is 18.9. The zero-order valence-electron chi connectivity index (χ0n) is 17.3. The first-order valence-corrected chi connectivity index (χ1v) is 12.0. The predicted octanol–water partition coefficient (Wildman–Crippen LogP) is 5.53. The van der Waals surface area contributed by atoms with Gasteiger partial charge in [-0.15, -0.1) is 11.3 Å². The van der Waals surface area contributed by atoms with Crippen molar-refractivity contribution in [3.05, 3.63) is 51.1 Å². The molecule has 5 nitrogen and oxygen atoms in total. The number of thiophene rings is 1. The highest BCUT2D eigenvalue weighted by Gasteiger charge is 2.22. The number of amides is 1. The summed E-state index contributed by atoms with van der Waals surface area (Å²) in [6.45, 7) is 0.750. The summed E-state index contributed by atoms with van der Waals surface area (Å²) in [4.78, 5) is 20.0. The fourth-order valence-electron chi connectivity index (χ4n) is 4.08. The number of hydrogen-bond acceptors (Lipinski definition) is 5. The van der Waals surface area contributed by atoms with Crippen LogP contribution in [0.4, 0.5) is 11.5 Å². The molecule has 2 aromatic heterocycles. The molecule has 2 heterocycles. The number of pyridine rings is 1. The number of benzene rings is 1. The minimum atomic E-state index is 0.0301. The number of aromatic nitrogens is 1. The maximum atomic E-state index is 12.3. The first-order chi connectivity index (χ1) is 14.5. The van der Waals surface area contributed by atoms with Gasteiger partial charge in [-0.2, -0.15) is 0 Å². The lowest BCUT2D eigenvalue weighted by atomic mass is 9.86. The maximum absolute atomic E-state index is 12.3. The quantitative estimate of drug-likeness (QED) is 0.481. The standard InChI is InChI=1S/C23H27BrN4OS/c1-28(2)19-13-22(27-18-6-4-3-5-17(18)19)26-16-9-7-15(8-10-16)14-25-23(29)20-11-12-21(24)30-20/h3-6,11-13,15-16H,7-10,14H2,1-2H3,(H,25,29)(H,26,27). The number of halogens is 1. The van der Waals surface area contributed by atoms with E-state index < -0.39 is 0 Å². The molecule has 1 aliphatic carbocycles. The third-order valence-electron chi connectivity index (χ3n) is 5.72. The summed E-state index contributed by atoms with van der Waals surface area (Å²) in [5, 5.41) is 7.92. The Morgan fingerprint density at radius 1 is 1.17 bits per heavy atom. The fraction of sp³-hybridized carbons (Fsp3) is 0.391. The second-order valence-electron chi connectivity index (χ2n) is 8.11. The Bertz CT molecular complexity index is 1030. The molecule has 0 saturated heterocycles. The number of anilines is 2. The average molecular weight is 487 g/mol. The average Bonchev–Trinajstić information content (AvgIpc) is 3.19. The van der Waals surface area contributed by atoms with E-state index in [1.165, 1.54) is 22.4 Å². The summed E-state index contributed by atoms with van der Waals surface area (Å²) in [6, 6.07) is 14.6. The lowest BCUT2D eigenvalue weighted by molar-refractivity contribution is 0.0947. The number of hydrogen-bond donors (Lipinski definition) is 2. The summed E-state index contributed by atoms with van der Waals surface area (Å²) in [6.07, 6.45) is 4.41. The first-order valence-electron chi connectivity index (χ1n) is 10.4. The largest absolute Gasteiger partial charge is 0.377 e. The van der Waals surface area contributed by atoms with Crippen molar-refractivity contribution >= 4 is 55.6 Å². The highest BCUT2D eigenvalue weighted by molar-refractivity contribution is 9.11. The molecule has 4 rings (SSSR count). The summed E-state index contributed by atoms with van der Waals surface area (Å²) < 4.78 is 0.985. The fourth-order valence-corrected chi connectivity index (χ4v) is 5.38. The number of fused-ring (bicyclic) bond motifs is 1. The highest BCUT2D eigenvalue weighted by atomic mass is 79.9. The summed E-state index contributed by atoms with van der Waals surface area (Å²) in [5.74, 6) is 1.51. The number of nitrogens with one attached hydrogen (secondary N) is 2. The van der Waals surface area contributed by atoms with Gasteiger partial charge in [0.1, 0.15) is 5.82 Å². The van der Waals surface area contributed by atoms with Gasteiger partial charge >= 0.3 is 0 Å². The summed E-state index contributed by atoms with van der Waals surface area (Å²) in [7, 11) is 4.14. The van der Waals surface area contributed by atoms with Gasteiger partial charge < -0.3 is 15.5 Å². The Morgan fingerprint density at radius 2 is 1.93 bits per heavy atom. The Balaban J connectivity index is 1.32. The van der Waals surface area contributed by atoms with E-state index in [0.29, 0.717) is 12.0 Å². The minimum Gasteiger partial charge on any atom is -0.377 e. The van der Waals surface area contributed by atoms with E-state index in [1.807, 2.05) is 18.2 Å². The van der Waals surface area contributed by atoms with Crippen molar-refractivity contribution in [1.29, 1.82) is 0 Å². The molecule has 3 aromatic rings. The minimum absolute atomic E-state index is 0.0301. The van der Waals surface area contributed by atoms with E-state index in [0.717, 1.165) is 52.2 Å². The van der Waals surface area contributed by atoms with Gasteiger partial charge in [0.05, 0.1) is 14.2 Å². The molecule has 1 saturated carbocycles. The molecule has 7 heteroatoms. The zero-order valence-corrected chi connectivity index (χ0v) is 19.7. The second kappa shape index (κ2) is 9.35. The van der Waals surface area contributed by atoms with Crippen molar-refractivity contribution in [1.82, 2.24) is 10.3 Å². The number of nitrogens with zero attached hydrogens (tertiary/aromatic N) is 2. The van der Waals surface area contributed by atoms with Gasteiger partial charge in [-0.25, -0.2) is 4.98 Å². The van der Waals surface area contributed by atoms with Gasteiger partial charge in [0, 0.05) is 43.8 Å². The number of carbonyl (C=O) groups is 1. The molecule has 2 N–H and O–H groups in total. The molecule has 0 radical (unpaired) electrons. The van der Waals surface area contributed by atoms with Crippen molar-refractivity contribution in [3.63, 3.8) is 0 Å². The van der Waals surface area contributed by atoms with E-state index >= 15 is 0 Å². The van der Waals surface area contributed by atoms with E-state index in [1.54, 1.807) is 0 Å². The van der Waals surface area contributed by atoms with E-state index in [-0.39, 0.29) is 5.91 Å². The van der Waals surface area contributed by atoms with Crippen LogP contribution in [0.2, 0.25) is 0 Å². The summed E-state index contributed by atoms with van der Waals surface area (Å²) >= 11 is 4.88. The van der Waals surface area contributed by atoms with Crippen LogP contribution in [0.15, 0.2) is 46.3 Å². The van der Waals surface area contributed by atoms with Crippen LogP contribution in [0.25, 0.3) is 10.9 Å². The smallest absolute Gasteiger partial charge is 0.261 e. The Morgan fingerprint density at radius 3 is 2.63 bits per heavy atom. The maximum Gasteiger partial charge on any atom is 0.261 e. The molecule has 0 unspecified atom stereocenters. The van der Waals surface area contributed by atoms with E-state index in [9.17, 15) is 4.79 Å². The zero-order chi connectivity index (χ0) is 21.1. The highest BCUT2D eigenvalue weighted by Crippen LogP contribution is 2.30. The second-order valence-corrected chi connectivity index (χ2v) is 10.6. The van der Waals surface area contributed by atoms with Gasteiger partial charge in [-0.1, -0.05) is 18.2 Å². The molecular formula is C23H27BrN4OS.